The number of piperidine rings is 1. The molecule has 0 radical (unpaired) electrons. The van der Waals surface area contributed by atoms with E-state index in [4.69, 9.17) is 11.6 Å². The predicted molar refractivity (Wildman–Crippen MR) is 90.4 cm³/mol. The van der Waals surface area contributed by atoms with Gasteiger partial charge in [0.1, 0.15) is 15.2 Å². The van der Waals surface area contributed by atoms with Crippen LogP contribution in [0.2, 0.25) is 4.34 Å². The summed E-state index contributed by atoms with van der Waals surface area (Å²) in [7, 11) is -1.14. The van der Waals surface area contributed by atoms with Gasteiger partial charge < -0.3 is 5.32 Å². The van der Waals surface area contributed by atoms with Crippen LogP contribution in [-0.2, 0) is 15.8 Å². The van der Waals surface area contributed by atoms with Gasteiger partial charge in [0.25, 0.3) is 0 Å². The van der Waals surface area contributed by atoms with Gasteiger partial charge in [-0.15, -0.1) is 11.3 Å². The molecule has 1 saturated heterocycles. The third-order valence-corrected chi connectivity index (χ3v) is 6.93. The molecular weight excluding hydrogens is 340 g/mol. The summed E-state index contributed by atoms with van der Waals surface area (Å²) in [6, 6.07) is 3.60. The van der Waals surface area contributed by atoms with E-state index in [0.29, 0.717) is 23.3 Å². The van der Waals surface area contributed by atoms with Crippen LogP contribution in [0.4, 0.5) is 0 Å². The third kappa shape index (κ3) is 4.41. The van der Waals surface area contributed by atoms with Gasteiger partial charge in [-0.25, -0.2) is 8.51 Å². The number of halogens is 1. The number of thiophene rings is 1. The van der Waals surface area contributed by atoms with Crippen molar-refractivity contribution in [2.45, 2.75) is 29.9 Å². The van der Waals surface area contributed by atoms with Crippen LogP contribution in [0.25, 0.3) is 0 Å². The lowest BCUT2D eigenvalue weighted by Gasteiger charge is -2.26. The third-order valence-electron chi connectivity index (χ3n) is 3.92. The number of hydrogen-bond acceptors (Lipinski definition) is 3. The molecule has 1 amide bonds. The molecule has 0 bridgehead atoms. The molecule has 1 aromatic rings. The molecule has 2 heterocycles. The zero-order valence-corrected chi connectivity index (χ0v) is 14.6. The first-order valence-electron chi connectivity index (χ1n) is 7.51. The van der Waals surface area contributed by atoms with Gasteiger partial charge in [0, 0.05) is 25.7 Å². The van der Waals surface area contributed by atoms with Crippen molar-refractivity contribution in [2.24, 2.45) is 5.92 Å². The van der Waals surface area contributed by atoms with Crippen LogP contribution in [0.15, 0.2) is 28.0 Å². The van der Waals surface area contributed by atoms with Crippen molar-refractivity contribution in [3.05, 3.63) is 28.1 Å². The molecule has 1 unspecified atom stereocenters. The zero-order valence-electron chi connectivity index (χ0n) is 12.2. The number of carbonyl (C=O) groups is 1. The quantitative estimate of drug-likeness (QED) is 0.822. The molecule has 0 spiro atoms. The summed E-state index contributed by atoms with van der Waals surface area (Å²) in [5.41, 5.74) is 1.14. The molecular formula is C15H19ClN2O2S2. The zero-order chi connectivity index (χ0) is 15.5. The number of nitrogens with zero attached hydrogens (tertiary/aromatic N) is 1. The molecule has 1 saturated carbocycles. The summed E-state index contributed by atoms with van der Waals surface area (Å²) in [5.74, 6) is 0.714. The van der Waals surface area contributed by atoms with Gasteiger partial charge in [-0.3, -0.25) is 4.79 Å². The first kappa shape index (κ1) is 16.2. The maximum absolute atomic E-state index is 12.4. The van der Waals surface area contributed by atoms with E-state index < -0.39 is 11.0 Å². The highest BCUT2D eigenvalue weighted by atomic mass is 35.5. The molecule has 22 heavy (non-hydrogen) atoms. The molecule has 1 atom stereocenters. The Morgan fingerprint density at radius 3 is 2.73 bits per heavy atom. The summed E-state index contributed by atoms with van der Waals surface area (Å²) < 4.78 is 15.8. The largest absolute Gasteiger partial charge is 0.352 e. The van der Waals surface area contributed by atoms with Crippen LogP contribution in [-0.4, -0.2) is 34.1 Å². The number of nitrogens with one attached hydrogen (secondary N) is 1. The molecule has 1 N–H and O–H groups in total. The van der Waals surface area contributed by atoms with E-state index in [1.54, 1.807) is 12.1 Å². The predicted octanol–water partition coefficient (Wildman–Crippen LogP) is 2.97. The van der Waals surface area contributed by atoms with Crippen LogP contribution in [0.1, 0.15) is 25.7 Å². The van der Waals surface area contributed by atoms with Gasteiger partial charge in [-0.1, -0.05) is 17.2 Å². The van der Waals surface area contributed by atoms with E-state index in [2.05, 4.69) is 5.32 Å². The Morgan fingerprint density at radius 1 is 1.41 bits per heavy atom. The van der Waals surface area contributed by atoms with Crippen LogP contribution < -0.4 is 5.32 Å². The van der Waals surface area contributed by atoms with Gasteiger partial charge in [0.2, 0.25) is 5.91 Å². The van der Waals surface area contributed by atoms with Gasteiger partial charge in [-0.2, -0.15) is 0 Å². The van der Waals surface area contributed by atoms with Crippen molar-refractivity contribution in [3.63, 3.8) is 0 Å². The van der Waals surface area contributed by atoms with Crippen LogP contribution in [0.5, 0.6) is 0 Å². The van der Waals surface area contributed by atoms with E-state index in [1.165, 1.54) is 24.2 Å². The summed E-state index contributed by atoms with van der Waals surface area (Å²) in [4.78, 5) is 11.8. The second-order valence-electron chi connectivity index (χ2n) is 5.73. The first-order valence-corrected chi connectivity index (χ1v) is 9.81. The number of rotatable bonds is 5. The second-order valence-corrected chi connectivity index (χ2v) is 9.16. The Hall–Kier alpha value is -0.690. The standard InChI is InChI=1S/C15H19ClN2O2S2/c16-13-3-4-15(21-13)22(20)18-7-5-11(6-8-18)9-14(19)17-10-12-1-2-12/h3-4,9,12H,1-2,5-8,10H2,(H,17,19). The molecule has 3 rings (SSSR count). The van der Waals surface area contributed by atoms with Crippen molar-refractivity contribution in [3.8, 4) is 0 Å². The number of carbonyl (C=O) groups excluding carboxylic acids is 1. The average Bonchev–Trinajstić information content (AvgIpc) is 3.25. The molecule has 1 aliphatic heterocycles. The fraction of sp³-hybridized carbons (Fsp3) is 0.533. The van der Waals surface area contributed by atoms with Crippen molar-refractivity contribution in [1.82, 2.24) is 9.62 Å². The van der Waals surface area contributed by atoms with Crippen LogP contribution in [0.3, 0.4) is 0 Å². The second kappa shape index (κ2) is 7.25. The van der Waals surface area contributed by atoms with Crippen LogP contribution >= 0.6 is 22.9 Å². The first-order chi connectivity index (χ1) is 10.6. The number of amides is 1. The van der Waals surface area contributed by atoms with Crippen LogP contribution in [0, 0.1) is 5.92 Å². The molecule has 2 aliphatic rings. The lowest BCUT2D eigenvalue weighted by molar-refractivity contribution is -0.116. The molecule has 0 aromatic carbocycles. The smallest absolute Gasteiger partial charge is 0.243 e. The van der Waals surface area contributed by atoms with E-state index in [-0.39, 0.29) is 5.91 Å². The maximum atomic E-state index is 12.4. The minimum absolute atomic E-state index is 0.0153. The summed E-state index contributed by atoms with van der Waals surface area (Å²) >= 11 is 7.25. The fourth-order valence-electron chi connectivity index (χ4n) is 2.41. The van der Waals surface area contributed by atoms with E-state index in [1.807, 2.05) is 10.4 Å². The fourth-order valence-corrected chi connectivity index (χ4v) is 5.14. The Balaban J connectivity index is 1.48. The van der Waals surface area contributed by atoms with Gasteiger partial charge in [0.15, 0.2) is 0 Å². The molecule has 2 fully saturated rings. The maximum Gasteiger partial charge on any atom is 0.243 e. The normalized spacial score (nSPS) is 20.7. The molecule has 7 heteroatoms. The van der Waals surface area contributed by atoms with E-state index in [9.17, 15) is 9.00 Å². The van der Waals surface area contributed by atoms with E-state index in [0.717, 1.165) is 29.2 Å². The van der Waals surface area contributed by atoms with Crippen molar-refractivity contribution >= 4 is 39.8 Å². The average molecular weight is 359 g/mol. The van der Waals surface area contributed by atoms with Crippen molar-refractivity contribution in [2.75, 3.05) is 19.6 Å². The SMILES string of the molecule is O=C(C=C1CCN(S(=O)c2ccc(Cl)s2)CC1)NCC1CC1. The van der Waals surface area contributed by atoms with Gasteiger partial charge >= 0.3 is 0 Å². The molecule has 1 aromatic heterocycles. The highest BCUT2D eigenvalue weighted by Crippen LogP contribution is 2.28. The Bertz CT molecular complexity index is 600. The van der Waals surface area contributed by atoms with E-state index >= 15 is 0 Å². The topological polar surface area (TPSA) is 49.4 Å². The van der Waals surface area contributed by atoms with Crippen molar-refractivity contribution in [1.29, 1.82) is 0 Å². The summed E-state index contributed by atoms with van der Waals surface area (Å²) in [5, 5.41) is 2.95. The Kier molecular flexibility index (Phi) is 5.33. The summed E-state index contributed by atoms with van der Waals surface area (Å²) in [6.07, 6.45) is 5.79. The molecule has 1 aliphatic carbocycles. The minimum atomic E-state index is -1.14. The van der Waals surface area contributed by atoms with Crippen molar-refractivity contribution < 1.29 is 9.00 Å². The highest BCUT2D eigenvalue weighted by Gasteiger charge is 2.23. The number of hydrogen-bond donors (Lipinski definition) is 1. The molecule has 4 nitrogen and oxygen atoms in total. The van der Waals surface area contributed by atoms with Gasteiger partial charge in [0.05, 0.1) is 4.34 Å². The van der Waals surface area contributed by atoms with Gasteiger partial charge in [-0.05, 0) is 43.7 Å². The minimum Gasteiger partial charge on any atom is -0.352 e. The lowest BCUT2D eigenvalue weighted by atomic mass is 10.1. The highest BCUT2D eigenvalue weighted by molar-refractivity contribution is 7.85. The Labute approximate surface area is 142 Å². The summed E-state index contributed by atoms with van der Waals surface area (Å²) in [6.45, 7) is 2.23. The molecule has 120 valence electrons. The monoisotopic (exact) mass is 358 g/mol. The lowest BCUT2D eigenvalue weighted by Crippen LogP contribution is -2.33. The Morgan fingerprint density at radius 2 is 2.14 bits per heavy atom.